The molecule has 0 bridgehead atoms. The fraction of sp³-hybridized carbons (Fsp3) is 0.944. The van der Waals surface area contributed by atoms with Crippen molar-refractivity contribution < 1.29 is 4.74 Å². The molecule has 1 aliphatic heterocycles. The molecule has 0 spiro atoms. The van der Waals surface area contributed by atoms with E-state index in [2.05, 4.69) is 57.1 Å². The molecule has 1 saturated heterocycles. The Bertz CT molecular complexity index is 341. The Labute approximate surface area is 143 Å². The van der Waals surface area contributed by atoms with E-state index in [9.17, 15) is 0 Å². The number of guanidine groups is 1. The van der Waals surface area contributed by atoms with Gasteiger partial charge in [0.15, 0.2) is 5.96 Å². The smallest absolute Gasteiger partial charge is 0.191 e. The number of hydrogen-bond acceptors (Lipinski definition) is 3. The molecular weight excluding hydrogens is 288 g/mol. The highest BCUT2D eigenvalue weighted by Crippen LogP contribution is 2.20. The Balaban J connectivity index is 2.81. The summed E-state index contributed by atoms with van der Waals surface area (Å²) in [5, 5.41) is 6.85. The third-order valence-corrected chi connectivity index (χ3v) is 4.38. The average molecular weight is 327 g/mol. The largest absolute Gasteiger partial charge is 0.379 e. The van der Waals surface area contributed by atoms with E-state index in [-0.39, 0.29) is 5.54 Å². The highest BCUT2D eigenvalue weighted by atomic mass is 16.5. The molecule has 1 rings (SSSR count). The number of ether oxygens (including phenoxy) is 1. The number of morpholine rings is 1. The normalized spacial score (nSPS) is 19.0. The van der Waals surface area contributed by atoms with Crippen molar-refractivity contribution in [3.63, 3.8) is 0 Å². The predicted octanol–water partition coefficient (Wildman–Crippen LogP) is 2.48. The van der Waals surface area contributed by atoms with Crippen molar-refractivity contribution in [2.24, 2.45) is 10.9 Å². The molecule has 23 heavy (non-hydrogen) atoms. The van der Waals surface area contributed by atoms with Crippen LogP contribution in [0.15, 0.2) is 4.99 Å². The van der Waals surface area contributed by atoms with E-state index < -0.39 is 0 Å². The zero-order valence-corrected chi connectivity index (χ0v) is 16.1. The minimum Gasteiger partial charge on any atom is -0.379 e. The zero-order chi connectivity index (χ0) is 17.3. The van der Waals surface area contributed by atoms with Crippen LogP contribution in [0.5, 0.6) is 0 Å². The SMILES string of the molecule is CCNC(=NCC(C(CC)CC)N1CCOCC1)NC(C)(C)C. The van der Waals surface area contributed by atoms with Crippen LogP contribution in [0.4, 0.5) is 0 Å². The number of hydrogen-bond donors (Lipinski definition) is 2. The Morgan fingerprint density at radius 1 is 1.13 bits per heavy atom. The van der Waals surface area contributed by atoms with E-state index in [1.807, 2.05) is 0 Å². The van der Waals surface area contributed by atoms with Crippen LogP contribution in [-0.4, -0.2) is 61.8 Å². The van der Waals surface area contributed by atoms with Crippen molar-refractivity contribution in [3.05, 3.63) is 0 Å². The molecule has 0 aromatic rings. The second-order valence-electron chi connectivity index (χ2n) is 7.39. The van der Waals surface area contributed by atoms with Gasteiger partial charge in [0, 0.05) is 31.2 Å². The number of rotatable bonds is 7. The fourth-order valence-corrected chi connectivity index (χ4v) is 3.15. The molecule has 5 heteroatoms. The minimum absolute atomic E-state index is 0.0182. The first-order valence-electron chi connectivity index (χ1n) is 9.29. The van der Waals surface area contributed by atoms with Gasteiger partial charge in [-0.2, -0.15) is 0 Å². The Kier molecular flexibility index (Phi) is 8.92. The third kappa shape index (κ3) is 7.53. The first-order valence-corrected chi connectivity index (χ1v) is 9.29. The lowest BCUT2D eigenvalue weighted by molar-refractivity contribution is 0.00394. The maximum absolute atomic E-state index is 5.52. The van der Waals surface area contributed by atoms with Crippen molar-refractivity contribution in [3.8, 4) is 0 Å². The topological polar surface area (TPSA) is 48.9 Å². The van der Waals surface area contributed by atoms with Crippen molar-refractivity contribution in [1.82, 2.24) is 15.5 Å². The molecule has 1 aliphatic rings. The lowest BCUT2D eigenvalue weighted by Gasteiger charge is -2.38. The minimum atomic E-state index is 0.0182. The van der Waals surface area contributed by atoms with Crippen LogP contribution in [0.3, 0.4) is 0 Å². The van der Waals surface area contributed by atoms with E-state index in [1.54, 1.807) is 0 Å². The maximum atomic E-state index is 5.52. The van der Waals surface area contributed by atoms with E-state index in [0.29, 0.717) is 12.0 Å². The molecule has 1 fully saturated rings. The fourth-order valence-electron chi connectivity index (χ4n) is 3.15. The lowest BCUT2D eigenvalue weighted by Crippen LogP contribution is -2.50. The molecule has 5 nitrogen and oxygen atoms in total. The first kappa shape index (κ1) is 20.2. The molecule has 0 amide bonds. The lowest BCUT2D eigenvalue weighted by atomic mass is 9.92. The molecule has 1 atom stereocenters. The van der Waals surface area contributed by atoms with E-state index in [0.717, 1.165) is 45.4 Å². The second kappa shape index (κ2) is 10.1. The number of nitrogens with zero attached hydrogens (tertiary/aromatic N) is 2. The van der Waals surface area contributed by atoms with Crippen LogP contribution in [0.2, 0.25) is 0 Å². The van der Waals surface area contributed by atoms with Gasteiger partial charge in [0.05, 0.1) is 19.8 Å². The van der Waals surface area contributed by atoms with Gasteiger partial charge >= 0.3 is 0 Å². The molecular formula is C18H38N4O. The van der Waals surface area contributed by atoms with Crippen molar-refractivity contribution in [1.29, 1.82) is 0 Å². The summed E-state index contributed by atoms with van der Waals surface area (Å²) >= 11 is 0. The molecule has 0 aliphatic carbocycles. The average Bonchev–Trinajstić information content (AvgIpc) is 2.51. The molecule has 0 saturated carbocycles. The van der Waals surface area contributed by atoms with Gasteiger partial charge in [-0.1, -0.05) is 26.7 Å². The number of aliphatic imine (C=N–C) groups is 1. The zero-order valence-electron chi connectivity index (χ0n) is 16.1. The second-order valence-corrected chi connectivity index (χ2v) is 7.39. The summed E-state index contributed by atoms with van der Waals surface area (Å²) in [6.45, 7) is 18.7. The predicted molar refractivity (Wildman–Crippen MR) is 99.1 cm³/mol. The Morgan fingerprint density at radius 2 is 1.74 bits per heavy atom. The summed E-state index contributed by atoms with van der Waals surface area (Å²) < 4.78 is 5.52. The van der Waals surface area contributed by atoms with Crippen molar-refractivity contribution in [2.45, 2.75) is 66.0 Å². The first-order chi connectivity index (χ1) is 10.9. The van der Waals surface area contributed by atoms with Crippen molar-refractivity contribution in [2.75, 3.05) is 39.4 Å². The van der Waals surface area contributed by atoms with Gasteiger partial charge in [0.25, 0.3) is 0 Å². The van der Waals surface area contributed by atoms with Gasteiger partial charge in [-0.05, 0) is 33.6 Å². The summed E-state index contributed by atoms with van der Waals surface area (Å²) in [6, 6.07) is 0.504. The standard InChI is InChI=1S/C18H38N4O/c1-7-15(8-2)16(22-10-12-23-13-11-22)14-20-17(19-9-3)21-18(4,5)6/h15-16H,7-14H2,1-6H3,(H2,19,20,21). The van der Waals surface area contributed by atoms with Gasteiger partial charge < -0.3 is 15.4 Å². The van der Waals surface area contributed by atoms with Crippen LogP contribution in [0, 0.1) is 5.92 Å². The van der Waals surface area contributed by atoms with Crippen LogP contribution in [-0.2, 0) is 4.74 Å². The van der Waals surface area contributed by atoms with Gasteiger partial charge in [-0.15, -0.1) is 0 Å². The molecule has 2 N–H and O–H groups in total. The highest BCUT2D eigenvalue weighted by molar-refractivity contribution is 5.80. The highest BCUT2D eigenvalue weighted by Gasteiger charge is 2.27. The van der Waals surface area contributed by atoms with Gasteiger partial charge in [-0.3, -0.25) is 9.89 Å². The van der Waals surface area contributed by atoms with E-state index in [4.69, 9.17) is 9.73 Å². The maximum Gasteiger partial charge on any atom is 0.191 e. The molecule has 0 radical (unpaired) electrons. The van der Waals surface area contributed by atoms with Gasteiger partial charge in [0.1, 0.15) is 0 Å². The summed E-state index contributed by atoms with van der Waals surface area (Å²) in [5.74, 6) is 1.61. The van der Waals surface area contributed by atoms with Gasteiger partial charge in [0.2, 0.25) is 0 Å². The Morgan fingerprint density at radius 3 is 2.22 bits per heavy atom. The summed E-state index contributed by atoms with van der Waals surface area (Å²) in [7, 11) is 0. The summed E-state index contributed by atoms with van der Waals surface area (Å²) in [4.78, 5) is 7.48. The third-order valence-electron chi connectivity index (χ3n) is 4.38. The molecule has 1 unspecified atom stereocenters. The molecule has 136 valence electrons. The Hall–Kier alpha value is -0.810. The monoisotopic (exact) mass is 326 g/mol. The summed E-state index contributed by atoms with van der Waals surface area (Å²) in [5.41, 5.74) is 0.0182. The molecule has 1 heterocycles. The summed E-state index contributed by atoms with van der Waals surface area (Å²) in [6.07, 6.45) is 2.41. The quantitative estimate of drug-likeness (QED) is 0.557. The van der Waals surface area contributed by atoms with Crippen LogP contribution in [0.1, 0.15) is 54.4 Å². The molecule has 0 aromatic heterocycles. The van der Waals surface area contributed by atoms with Crippen LogP contribution >= 0.6 is 0 Å². The number of nitrogens with one attached hydrogen (secondary N) is 2. The van der Waals surface area contributed by atoms with Crippen molar-refractivity contribution >= 4 is 5.96 Å². The molecule has 0 aromatic carbocycles. The van der Waals surface area contributed by atoms with Crippen LogP contribution in [0.25, 0.3) is 0 Å². The van der Waals surface area contributed by atoms with E-state index in [1.165, 1.54) is 12.8 Å². The van der Waals surface area contributed by atoms with Crippen LogP contribution < -0.4 is 10.6 Å². The van der Waals surface area contributed by atoms with Gasteiger partial charge in [-0.25, -0.2) is 0 Å². The van der Waals surface area contributed by atoms with E-state index >= 15 is 0 Å².